The van der Waals surface area contributed by atoms with E-state index in [9.17, 15) is 8.78 Å². The van der Waals surface area contributed by atoms with Crippen LogP contribution in [0.1, 0.15) is 26.5 Å². The monoisotopic (exact) mass is 251 g/mol. The Labute approximate surface area is 104 Å². The molecule has 2 N–H and O–H groups in total. The summed E-state index contributed by atoms with van der Waals surface area (Å²) < 4.78 is 28.4. The van der Waals surface area contributed by atoms with Crippen LogP contribution in [0.25, 0.3) is 5.69 Å². The summed E-state index contributed by atoms with van der Waals surface area (Å²) >= 11 is 0. The molecule has 0 aliphatic rings. The number of rotatable bonds is 1. The second-order valence-electron chi connectivity index (χ2n) is 5.19. The van der Waals surface area contributed by atoms with Crippen molar-refractivity contribution in [1.82, 2.24) is 9.78 Å². The van der Waals surface area contributed by atoms with Crippen molar-refractivity contribution in [3.8, 4) is 5.69 Å². The number of nitrogens with two attached hydrogens (primary N) is 1. The van der Waals surface area contributed by atoms with Crippen LogP contribution in [-0.4, -0.2) is 9.78 Å². The van der Waals surface area contributed by atoms with Gasteiger partial charge in [-0.3, -0.25) is 0 Å². The summed E-state index contributed by atoms with van der Waals surface area (Å²) in [5.74, 6) is -1.17. The van der Waals surface area contributed by atoms with E-state index < -0.39 is 11.6 Å². The van der Waals surface area contributed by atoms with Gasteiger partial charge in [0.25, 0.3) is 0 Å². The third kappa shape index (κ3) is 2.08. The molecular weight excluding hydrogens is 236 g/mol. The summed E-state index contributed by atoms with van der Waals surface area (Å²) in [6.45, 7) is 5.87. The first-order valence-corrected chi connectivity index (χ1v) is 5.61. The van der Waals surface area contributed by atoms with Crippen molar-refractivity contribution >= 4 is 5.82 Å². The van der Waals surface area contributed by atoms with Crippen molar-refractivity contribution < 1.29 is 8.78 Å². The van der Waals surface area contributed by atoms with Gasteiger partial charge in [0.15, 0.2) is 11.6 Å². The predicted molar refractivity (Wildman–Crippen MR) is 66.6 cm³/mol. The molecule has 18 heavy (non-hydrogen) atoms. The number of para-hydroxylation sites is 1. The van der Waals surface area contributed by atoms with Gasteiger partial charge in [-0.15, -0.1) is 0 Å². The minimum Gasteiger partial charge on any atom is -0.384 e. The maximum Gasteiger partial charge on any atom is 0.151 e. The molecule has 1 aromatic carbocycles. The Balaban J connectivity index is 2.62. The van der Waals surface area contributed by atoms with E-state index >= 15 is 0 Å². The average molecular weight is 251 g/mol. The van der Waals surface area contributed by atoms with E-state index in [0.29, 0.717) is 5.69 Å². The number of halogens is 2. The molecule has 0 fully saturated rings. The molecule has 5 heteroatoms. The smallest absolute Gasteiger partial charge is 0.151 e. The van der Waals surface area contributed by atoms with Gasteiger partial charge in [-0.2, -0.15) is 5.10 Å². The number of hydrogen-bond donors (Lipinski definition) is 1. The van der Waals surface area contributed by atoms with Gasteiger partial charge in [-0.25, -0.2) is 13.5 Å². The third-order valence-corrected chi connectivity index (χ3v) is 2.65. The Morgan fingerprint density at radius 1 is 1.17 bits per heavy atom. The van der Waals surface area contributed by atoms with E-state index in [1.54, 1.807) is 6.07 Å². The third-order valence-electron chi connectivity index (χ3n) is 2.65. The molecule has 0 radical (unpaired) electrons. The lowest BCUT2D eigenvalue weighted by Gasteiger charge is -2.14. The van der Waals surface area contributed by atoms with Crippen molar-refractivity contribution in [3.05, 3.63) is 41.6 Å². The second kappa shape index (κ2) is 4.08. The minimum atomic E-state index is -0.690. The standard InChI is InChI=1S/C13H15F2N3/c1-13(2,3)10-7-11(16)18(17-10)12-8(14)5-4-6-9(12)15/h4-7H,16H2,1-3H3. The van der Waals surface area contributed by atoms with Crippen LogP contribution in [0.15, 0.2) is 24.3 Å². The predicted octanol–water partition coefficient (Wildman–Crippen LogP) is 3.03. The Kier molecular flexibility index (Phi) is 2.84. The van der Waals surface area contributed by atoms with Gasteiger partial charge in [-0.05, 0) is 12.1 Å². The molecule has 0 saturated heterocycles. The molecule has 96 valence electrons. The van der Waals surface area contributed by atoms with Crippen molar-refractivity contribution in [2.24, 2.45) is 0 Å². The van der Waals surface area contributed by atoms with Gasteiger partial charge in [0.05, 0.1) is 5.69 Å². The zero-order valence-corrected chi connectivity index (χ0v) is 10.5. The van der Waals surface area contributed by atoms with Crippen LogP contribution in [0.5, 0.6) is 0 Å². The molecule has 1 heterocycles. The van der Waals surface area contributed by atoms with Crippen LogP contribution >= 0.6 is 0 Å². The minimum absolute atomic E-state index is 0.212. The molecule has 3 nitrogen and oxygen atoms in total. The maximum atomic E-state index is 13.7. The molecule has 2 aromatic rings. The lowest BCUT2D eigenvalue weighted by molar-refractivity contribution is 0.539. The summed E-state index contributed by atoms with van der Waals surface area (Å²) in [5.41, 5.74) is 5.98. The van der Waals surface area contributed by atoms with E-state index in [1.807, 2.05) is 20.8 Å². The lowest BCUT2D eigenvalue weighted by Crippen LogP contribution is -2.13. The van der Waals surface area contributed by atoms with Gasteiger partial charge >= 0.3 is 0 Å². The van der Waals surface area contributed by atoms with Crippen LogP contribution in [0, 0.1) is 11.6 Å². The molecule has 0 bridgehead atoms. The Morgan fingerprint density at radius 2 is 1.72 bits per heavy atom. The summed E-state index contributed by atoms with van der Waals surface area (Å²) in [5, 5.41) is 4.18. The fourth-order valence-corrected chi connectivity index (χ4v) is 1.63. The summed E-state index contributed by atoms with van der Waals surface area (Å²) in [7, 11) is 0. The Morgan fingerprint density at radius 3 is 2.17 bits per heavy atom. The van der Waals surface area contributed by atoms with Crippen LogP contribution in [0.2, 0.25) is 0 Å². The molecule has 0 aliphatic heterocycles. The van der Waals surface area contributed by atoms with Crippen molar-refractivity contribution in [2.75, 3.05) is 5.73 Å². The van der Waals surface area contributed by atoms with E-state index in [2.05, 4.69) is 5.10 Å². The van der Waals surface area contributed by atoms with Crippen molar-refractivity contribution in [2.45, 2.75) is 26.2 Å². The number of hydrogen-bond acceptors (Lipinski definition) is 2. The first kappa shape index (κ1) is 12.5. The van der Waals surface area contributed by atoms with Gasteiger partial charge < -0.3 is 5.73 Å². The van der Waals surface area contributed by atoms with E-state index in [-0.39, 0.29) is 16.9 Å². The normalized spacial score (nSPS) is 11.8. The molecule has 0 amide bonds. The van der Waals surface area contributed by atoms with Crippen LogP contribution in [0.4, 0.5) is 14.6 Å². The number of nitrogens with zero attached hydrogens (tertiary/aromatic N) is 2. The highest BCUT2D eigenvalue weighted by atomic mass is 19.1. The maximum absolute atomic E-state index is 13.7. The highest BCUT2D eigenvalue weighted by Gasteiger charge is 2.21. The number of benzene rings is 1. The molecule has 0 spiro atoms. The topological polar surface area (TPSA) is 43.8 Å². The summed E-state index contributed by atoms with van der Waals surface area (Å²) in [6.07, 6.45) is 0. The first-order chi connectivity index (χ1) is 8.30. The van der Waals surface area contributed by atoms with Crippen LogP contribution in [0.3, 0.4) is 0 Å². The number of aromatic nitrogens is 2. The molecule has 0 aliphatic carbocycles. The highest BCUT2D eigenvalue weighted by Crippen LogP contribution is 2.26. The van der Waals surface area contributed by atoms with Gasteiger partial charge in [0, 0.05) is 11.5 Å². The van der Waals surface area contributed by atoms with Crippen LogP contribution in [-0.2, 0) is 5.41 Å². The molecule has 0 unspecified atom stereocenters. The zero-order valence-electron chi connectivity index (χ0n) is 10.5. The van der Waals surface area contributed by atoms with Crippen molar-refractivity contribution in [3.63, 3.8) is 0 Å². The fourth-order valence-electron chi connectivity index (χ4n) is 1.63. The summed E-state index contributed by atoms with van der Waals surface area (Å²) in [6, 6.07) is 5.29. The van der Waals surface area contributed by atoms with Gasteiger partial charge in [0.2, 0.25) is 0 Å². The fraction of sp³-hybridized carbons (Fsp3) is 0.308. The molecule has 1 aromatic heterocycles. The van der Waals surface area contributed by atoms with Crippen molar-refractivity contribution in [1.29, 1.82) is 0 Å². The highest BCUT2D eigenvalue weighted by molar-refractivity contribution is 5.45. The lowest BCUT2D eigenvalue weighted by atomic mass is 9.92. The molecule has 2 rings (SSSR count). The SMILES string of the molecule is CC(C)(C)c1cc(N)n(-c2c(F)cccc2F)n1. The van der Waals surface area contributed by atoms with Crippen LogP contribution < -0.4 is 5.73 Å². The molecule has 0 saturated carbocycles. The van der Waals surface area contributed by atoms with E-state index in [1.165, 1.54) is 18.2 Å². The Hall–Kier alpha value is -1.91. The van der Waals surface area contributed by atoms with Gasteiger partial charge in [0.1, 0.15) is 11.5 Å². The summed E-state index contributed by atoms with van der Waals surface area (Å²) in [4.78, 5) is 0. The molecule has 0 atom stereocenters. The first-order valence-electron chi connectivity index (χ1n) is 5.61. The average Bonchev–Trinajstić information content (AvgIpc) is 2.60. The number of nitrogen functional groups attached to an aromatic ring is 1. The van der Waals surface area contributed by atoms with Gasteiger partial charge in [-0.1, -0.05) is 26.8 Å². The zero-order chi connectivity index (χ0) is 13.5. The quantitative estimate of drug-likeness (QED) is 0.846. The number of anilines is 1. The second-order valence-corrected chi connectivity index (χ2v) is 5.19. The van der Waals surface area contributed by atoms with E-state index in [0.717, 1.165) is 4.68 Å². The molecular formula is C13H15F2N3. The van der Waals surface area contributed by atoms with E-state index in [4.69, 9.17) is 5.73 Å². The largest absolute Gasteiger partial charge is 0.384 e. The Bertz CT molecular complexity index is 562.